The Morgan fingerprint density at radius 3 is 3.00 bits per heavy atom. The Bertz CT molecular complexity index is 448. The molecule has 1 saturated heterocycles. The molecule has 0 saturated carbocycles. The van der Waals surface area contributed by atoms with Gasteiger partial charge in [0.15, 0.2) is 11.5 Å². The highest BCUT2D eigenvalue weighted by molar-refractivity contribution is 5.95. The van der Waals surface area contributed by atoms with Gasteiger partial charge in [0.1, 0.15) is 0 Å². The number of anilines is 1. The van der Waals surface area contributed by atoms with Gasteiger partial charge in [0.2, 0.25) is 0 Å². The lowest BCUT2D eigenvalue weighted by Gasteiger charge is -2.27. The Kier molecular flexibility index (Phi) is 5.25. The molecule has 0 aliphatic carbocycles. The lowest BCUT2D eigenvalue weighted by Crippen LogP contribution is -2.40. The summed E-state index contributed by atoms with van der Waals surface area (Å²) in [6.45, 7) is 3.00. The third-order valence-corrected chi connectivity index (χ3v) is 3.38. The number of nitrogens with one attached hydrogen (secondary N) is 1. The number of hydrogen-bond acceptors (Lipinski definition) is 6. The summed E-state index contributed by atoms with van der Waals surface area (Å²) in [5.74, 6) is -0.0272. The molecule has 0 radical (unpaired) electrons. The molecular weight excluding hydrogens is 258 g/mol. The van der Waals surface area contributed by atoms with Gasteiger partial charge in [0.25, 0.3) is 5.91 Å². The molecule has 3 N–H and O–H groups in total. The van der Waals surface area contributed by atoms with Crippen molar-refractivity contribution < 1.29 is 9.53 Å². The Labute approximate surface area is 118 Å². The Morgan fingerprint density at radius 1 is 1.55 bits per heavy atom. The number of carbonyl (C=O) groups excluding carboxylic acids is 1. The summed E-state index contributed by atoms with van der Waals surface area (Å²) in [7, 11) is 1.65. The van der Waals surface area contributed by atoms with Crippen molar-refractivity contribution in [1.82, 2.24) is 15.3 Å². The van der Waals surface area contributed by atoms with Crippen molar-refractivity contribution in [3.63, 3.8) is 0 Å². The highest BCUT2D eigenvalue weighted by atomic mass is 16.5. The van der Waals surface area contributed by atoms with Gasteiger partial charge in [-0.05, 0) is 19.4 Å². The van der Waals surface area contributed by atoms with Crippen molar-refractivity contribution in [2.45, 2.75) is 18.9 Å². The fourth-order valence-electron chi connectivity index (χ4n) is 2.40. The molecule has 1 amide bonds. The first-order valence-electron chi connectivity index (χ1n) is 6.80. The molecule has 2 heterocycles. The van der Waals surface area contributed by atoms with E-state index in [0.29, 0.717) is 25.0 Å². The van der Waals surface area contributed by atoms with Crippen LogP contribution in [0.15, 0.2) is 12.4 Å². The van der Waals surface area contributed by atoms with E-state index in [1.54, 1.807) is 13.3 Å². The van der Waals surface area contributed by atoms with E-state index in [1.807, 2.05) is 4.90 Å². The van der Waals surface area contributed by atoms with Crippen molar-refractivity contribution in [3.05, 3.63) is 18.1 Å². The van der Waals surface area contributed by atoms with Crippen LogP contribution in [0.2, 0.25) is 0 Å². The van der Waals surface area contributed by atoms with Gasteiger partial charge >= 0.3 is 0 Å². The zero-order valence-corrected chi connectivity index (χ0v) is 11.7. The van der Waals surface area contributed by atoms with Gasteiger partial charge < -0.3 is 20.7 Å². The number of nitrogens with two attached hydrogens (primary N) is 1. The lowest BCUT2D eigenvalue weighted by molar-refractivity contribution is 0.0995. The zero-order chi connectivity index (χ0) is 14.4. The topological polar surface area (TPSA) is 93.4 Å². The molecule has 1 atom stereocenters. The quantitative estimate of drug-likeness (QED) is 0.717. The molecule has 1 unspecified atom stereocenters. The average molecular weight is 279 g/mol. The van der Waals surface area contributed by atoms with Crippen LogP contribution in [-0.2, 0) is 4.74 Å². The Morgan fingerprint density at radius 2 is 2.35 bits per heavy atom. The Balaban J connectivity index is 2.18. The molecule has 1 aliphatic rings. The van der Waals surface area contributed by atoms with E-state index in [2.05, 4.69) is 15.3 Å². The normalized spacial score (nSPS) is 18.1. The van der Waals surface area contributed by atoms with Crippen molar-refractivity contribution in [3.8, 4) is 0 Å². The second kappa shape index (κ2) is 7.16. The SMILES string of the molecule is COCCN(CC1CCCN1)c1nccnc1C(N)=O. The largest absolute Gasteiger partial charge is 0.383 e. The van der Waals surface area contributed by atoms with Gasteiger partial charge in [-0.3, -0.25) is 4.79 Å². The zero-order valence-electron chi connectivity index (χ0n) is 11.7. The minimum Gasteiger partial charge on any atom is -0.383 e. The van der Waals surface area contributed by atoms with Crippen molar-refractivity contribution in [2.75, 3.05) is 38.3 Å². The molecule has 1 fully saturated rings. The van der Waals surface area contributed by atoms with Gasteiger partial charge in [0, 0.05) is 38.6 Å². The second-order valence-corrected chi connectivity index (χ2v) is 4.82. The molecule has 7 heteroatoms. The summed E-state index contributed by atoms with van der Waals surface area (Å²) >= 11 is 0. The number of rotatable bonds is 7. The summed E-state index contributed by atoms with van der Waals surface area (Å²) in [6, 6.07) is 0.398. The highest BCUT2D eigenvalue weighted by Crippen LogP contribution is 2.17. The first kappa shape index (κ1) is 14.7. The smallest absolute Gasteiger partial charge is 0.271 e. The van der Waals surface area contributed by atoms with Crippen LogP contribution in [0.25, 0.3) is 0 Å². The maximum atomic E-state index is 11.5. The molecule has 1 aliphatic heterocycles. The van der Waals surface area contributed by atoms with Crippen LogP contribution >= 0.6 is 0 Å². The molecule has 20 heavy (non-hydrogen) atoms. The molecule has 0 spiro atoms. The van der Waals surface area contributed by atoms with Gasteiger partial charge in [0.05, 0.1) is 6.61 Å². The van der Waals surface area contributed by atoms with Crippen molar-refractivity contribution in [1.29, 1.82) is 0 Å². The minimum absolute atomic E-state index is 0.210. The van der Waals surface area contributed by atoms with E-state index >= 15 is 0 Å². The third-order valence-electron chi connectivity index (χ3n) is 3.38. The summed E-state index contributed by atoms with van der Waals surface area (Å²) in [6.07, 6.45) is 5.34. The standard InChI is InChI=1S/C13H21N5O2/c1-20-8-7-18(9-10-3-2-4-15-10)13-11(12(14)19)16-5-6-17-13/h5-6,10,15H,2-4,7-9H2,1H3,(H2,14,19). The fraction of sp³-hybridized carbons (Fsp3) is 0.615. The number of hydrogen-bond donors (Lipinski definition) is 2. The molecule has 1 aromatic heterocycles. The summed E-state index contributed by atoms with van der Waals surface area (Å²) in [4.78, 5) is 21.8. The Hall–Kier alpha value is -1.73. The van der Waals surface area contributed by atoms with Gasteiger partial charge in [-0.25, -0.2) is 9.97 Å². The maximum absolute atomic E-state index is 11.5. The van der Waals surface area contributed by atoms with Crippen molar-refractivity contribution in [2.24, 2.45) is 5.73 Å². The monoisotopic (exact) mass is 279 g/mol. The van der Waals surface area contributed by atoms with Crippen LogP contribution in [-0.4, -0.2) is 55.3 Å². The molecular formula is C13H21N5O2. The maximum Gasteiger partial charge on any atom is 0.271 e. The van der Waals surface area contributed by atoms with Crippen molar-refractivity contribution >= 4 is 11.7 Å². The van der Waals surface area contributed by atoms with Crippen LogP contribution in [0.1, 0.15) is 23.3 Å². The molecule has 0 aromatic carbocycles. The number of primary amides is 1. The van der Waals surface area contributed by atoms with E-state index in [9.17, 15) is 4.79 Å². The number of aromatic nitrogens is 2. The number of methoxy groups -OCH3 is 1. The lowest BCUT2D eigenvalue weighted by atomic mass is 10.2. The number of carbonyl (C=O) groups is 1. The molecule has 110 valence electrons. The van der Waals surface area contributed by atoms with Crippen LogP contribution in [0.4, 0.5) is 5.82 Å². The predicted octanol–water partition coefficient (Wildman–Crippen LogP) is -0.220. The second-order valence-electron chi connectivity index (χ2n) is 4.82. The number of ether oxygens (including phenoxy) is 1. The van der Waals surface area contributed by atoms with E-state index in [1.165, 1.54) is 12.6 Å². The first-order chi connectivity index (χ1) is 9.72. The van der Waals surface area contributed by atoms with E-state index in [4.69, 9.17) is 10.5 Å². The number of amides is 1. The van der Waals surface area contributed by atoms with E-state index in [0.717, 1.165) is 19.5 Å². The number of nitrogens with zero attached hydrogens (tertiary/aromatic N) is 3. The van der Waals surface area contributed by atoms with E-state index < -0.39 is 5.91 Å². The molecule has 2 rings (SSSR count). The van der Waals surface area contributed by atoms with Crippen LogP contribution in [0, 0.1) is 0 Å². The predicted molar refractivity (Wildman–Crippen MR) is 75.7 cm³/mol. The molecule has 1 aromatic rings. The fourth-order valence-corrected chi connectivity index (χ4v) is 2.40. The molecule has 7 nitrogen and oxygen atoms in total. The van der Waals surface area contributed by atoms with E-state index in [-0.39, 0.29) is 5.69 Å². The summed E-state index contributed by atoms with van der Waals surface area (Å²) in [5, 5.41) is 3.44. The van der Waals surface area contributed by atoms with Crippen LogP contribution in [0.5, 0.6) is 0 Å². The first-order valence-corrected chi connectivity index (χ1v) is 6.80. The average Bonchev–Trinajstić information content (AvgIpc) is 2.96. The summed E-state index contributed by atoms with van der Waals surface area (Å²) in [5.41, 5.74) is 5.58. The van der Waals surface area contributed by atoms with Crippen LogP contribution in [0.3, 0.4) is 0 Å². The molecule has 0 bridgehead atoms. The van der Waals surface area contributed by atoms with Gasteiger partial charge in [-0.1, -0.05) is 0 Å². The van der Waals surface area contributed by atoms with Gasteiger partial charge in [-0.2, -0.15) is 0 Å². The highest BCUT2D eigenvalue weighted by Gasteiger charge is 2.22. The van der Waals surface area contributed by atoms with Gasteiger partial charge in [-0.15, -0.1) is 0 Å². The third kappa shape index (κ3) is 3.64. The van der Waals surface area contributed by atoms with Crippen LogP contribution < -0.4 is 16.0 Å². The summed E-state index contributed by atoms with van der Waals surface area (Å²) < 4.78 is 5.13. The minimum atomic E-state index is -0.560.